The first-order valence-corrected chi connectivity index (χ1v) is 12.6. The van der Waals surface area contributed by atoms with E-state index < -0.39 is 42.1 Å². The molecule has 204 valence electrons. The summed E-state index contributed by atoms with van der Waals surface area (Å²) in [5.74, 6) is -1.57. The van der Waals surface area contributed by atoms with Gasteiger partial charge in [0.2, 0.25) is 5.91 Å². The number of rotatable bonds is 8. The van der Waals surface area contributed by atoms with Crippen molar-refractivity contribution in [1.29, 1.82) is 5.26 Å². The number of fused-ring (bicyclic) bond motifs is 1. The number of ether oxygens (including phenoxy) is 1. The number of phenolic OH excluding ortho intramolecular Hbond substituents is 1. The molecule has 0 aliphatic carbocycles. The van der Waals surface area contributed by atoms with Gasteiger partial charge in [-0.25, -0.2) is 4.79 Å². The van der Waals surface area contributed by atoms with Crippen molar-refractivity contribution in [2.24, 2.45) is 5.92 Å². The number of anilines is 1. The molecule has 0 heterocycles. The van der Waals surface area contributed by atoms with Crippen LogP contribution in [0.15, 0.2) is 66.7 Å². The lowest BCUT2D eigenvalue weighted by molar-refractivity contribution is -0.140. The predicted molar refractivity (Wildman–Crippen MR) is 149 cm³/mol. The van der Waals surface area contributed by atoms with E-state index in [0.717, 1.165) is 15.7 Å². The summed E-state index contributed by atoms with van der Waals surface area (Å²) >= 11 is 0. The number of hydrogen-bond acceptors (Lipinski definition) is 6. The Kier molecular flexibility index (Phi) is 9.15. The van der Waals surface area contributed by atoms with Gasteiger partial charge in [-0.3, -0.25) is 9.59 Å². The zero-order valence-corrected chi connectivity index (χ0v) is 22.8. The number of phenols is 1. The van der Waals surface area contributed by atoms with Gasteiger partial charge in [-0.1, -0.05) is 56.3 Å². The fraction of sp³-hybridized carbons (Fsp3) is 0.333. The molecule has 0 aliphatic rings. The molecule has 0 saturated carbocycles. The highest BCUT2D eigenvalue weighted by molar-refractivity contribution is 6.00. The number of carbonyl (C=O) groups is 3. The van der Waals surface area contributed by atoms with Crippen molar-refractivity contribution in [3.05, 3.63) is 72.3 Å². The van der Waals surface area contributed by atoms with E-state index in [0.29, 0.717) is 11.3 Å². The zero-order valence-electron chi connectivity index (χ0n) is 22.8. The number of nitrogens with zero attached hydrogens (tertiary/aromatic N) is 2. The van der Waals surface area contributed by atoms with E-state index in [-0.39, 0.29) is 11.7 Å². The Morgan fingerprint density at radius 1 is 1.00 bits per heavy atom. The molecule has 0 spiro atoms. The SMILES string of the molecule is CC(C)C(NC(=O)OC(C)(C)C)C(=O)N(CC#N)C(C(=O)Nc1ccc2ccccc2c1)c1ccc(O)cc1. The molecule has 0 bridgehead atoms. The number of alkyl carbamates (subject to hydrolysis) is 1. The Morgan fingerprint density at radius 3 is 2.23 bits per heavy atom. The first-order chi connectivity index (χ1) is 18.4. The topological polar surface area (TPSA) is 132 Å². The molecule has 0 fully saturated rings. The molecule has 0 aliphatic heterocycles. The summed E-state index contributed by atoms with van der Waals surface area (Å²) in [7, 11) is 0. The van der Waals surface area contributed by atoms with E-state index in [9.17, 15) is 24.8 Å². The lowest BCUT2D eigenvalue weighted by Crippen LogP contribution is -2.54. The number of hydrogen-bond donors (Lipinski definition) is 3. The quantitative estimate of drug-likeness (QED) is 0.346. The molecule has 0 aromatic heterocycles. The highest BCUT2D eigenvalue weighted by Gasteiger charge is 2.37. The molecule has 3 aromatic carbocycles. The number of nitriles is 1. The smallest absolute Gasteiger partial charge is 0.408 e. The van der Waals surface area contributed by atoms with Gasteiger partial charge in [0.15, 0.2) is 0 Å². The van der Waals surface area contributed by atoms with Crippen LogP contribution < -0.4 is 10.6 Å². The molecular formula is C30H34N4O5. The van der Waals surface area contributed by atoms with Gasteiger partial charge in [0.25, 0.3) is 5.91 Å². The van der Waals surface area contributed by atoms with Gasteiger partial charge in [0, 0.05) is 5.69 Å². The van der Waals surface area contributed by atoms with Crippen molar-refractivity contribution in [2.45, 2.75) is 52.3 Å². The van der Waals surface area contributed by atoms with Crippen molar-refractivity contribution in [3.63, 3.8) is 0 Å². The molecule has 0 radical (unpaired) electrons. The molecule has 3 rings (SSSR count). The summed E-state index contributed by atoms with van der Waals surface area (Å²) in [4.78, 5) is 41.3. The Bertz CT molecular complexity index is 1370. The van der Waals surface area contributed by atoms with Crippen molar-refractivity contribution >= 4 is 34.4 Å². The molecule has 2 unspecified atom stereocenters. The minimum Gasteiger partial charge on any atom is -0.508 e. The van der Waals surface area contributed by atoms with Crippen LogP contribution in [0.2, 0.25) is 0 Å². The highest BCUT2D eigenvalue weighted by Crippen LogP contribution is 2.27. The monoisotopic (exact) mass is 530 g/mol. The third-order valence-corrected chi connectivity index (χ3v) is 5.91. The summed E-state index contributed by atoms with van der Waals surface area (Å²) in [6.45, 7) is 8.19. The fourth-order valence-electron chi connectivity index (χ4n) is 4.11. The molecule has 39 heavy (non-hydrogen) atoms. The predicted octanol–water partition coefficient (Wildman–Crippen LogP) is 5.13. The lowest BCUT2D eigenvalue weighted by Gasteiger charge is -2.34. The maximum Gasteiger partial charge on any atom is 0.408 e. The van der Waals surface area contributed by atoms with Crippen molar-refractivity contribution in [2.75, 3.05) is 11.9 Å². The van der Waals surface area contributed by atoms with Gasteiger partial charge in [-0.2, -0.15) is 5.26 Å². The van der Waals surface area contributed by atoms with Crippen molar-refractivity contribution < 1.29 is 24.2 Å². The minimum atomic E-state index is -1.23. The lowest BCUT2D eigenvalue weighted by atomic mass is 9.98. The van der Waals surface area contributed by atoms with Gasteiger partial charge in [0.1, 0.15) is 30.0 Å². The van der Waals surface area contributed by atoms with Crippen LogP contribution in [0.25, 0.3) is 10.8 Å². The third-order valence-electron chi connectivity index (χ3n) is 5.91. The molecule has 3 N–H and O–H groups in total. The van der Waals surface area contributed by atoms with Crippen LogP contribution in [0.4, 0.5) is 10.5 Å². The molecule has 9 nitrogen and oxygen atoms in total. The van der Waals surface area contributed by atoms with E-state index in [1.165, 1.54) is 24.3 Å². The van der Waals surface area contributed by atoms with E-state index in [1.807, 2.05) is 42.5 Å². The van der Waals surface area contributed by atoms with Crippen LogP contribution in [-0.2, 0) is 14.3 Å². The number of carbonyl (C=O) groups excluding carboxylic acids is 3. The van der Waals surface area contributed by atoms with Crippen LogP contribution in [0.1, 0.15) is 46.2 Å². The van der Waals surface area contributed by atoms with Crippen LogP contribution in [0, 0.1) is 17.2 Å². The Morgan fingerprint density at radius 2 is 1.64 bits per heavy atom. The number of nitrogens with one attached hydrogen (secondary N) is 2. The van der Waals surface area contributed by atoms with Crippen LogP contribution in [-0.4, -0.2) is 46.1 Å². The molecule has 0 saturated heterocycles. The summed E-state index contributed by atoms with van der Waals surface area (Å²) < 4.78 is 5.34. The van der Waals surface area contributed by atoms with E-state index in [4.69, 9.17) is 4.74 Å². The highest BCUT2D eigenvalue weighted by atomic mass is 16.6. The number of benzene rings is 3. The molecule has 2 atom stereocenters. The Balaban J connectivity index is 1.99. The average molecular weight is 531 g/mol. The Labute approximate surface area is 228 Å². The zero-order chi connectivity index (χ0) is 28.7. The number of amides is 3. The summed E-state index contributed by atoms with van der Waals surface area (Å²) in [6, 6.07) is 18.6. The maximum absolute atomic E-state index is 13.9. The normalized spacial score (nSPS) is 12.7. The Hall–Kier alpha value is -4.58. The van der Waals surface area contributed by atoms with E-state index >= 15 is 0 Å². The van der Waals surface area contributed by atoms with Gasteiger partial charge in [-0.15, -0.1) is 0 Å². The van der Waals surface area contributed by atoms with Gasteiger partial charge in [0.05, 0.1) is 6.07 Å². The maximum atomic E-state index is 13.9. The van der Waals surface area contributed by atoms with Crippen molar-refractivity contribution in [1.82, 2.24) is 10.2 Å². The first kappa shape index (κ1) is 29.0. The summed E-state index contributed by atoms with van der Waals surface area (Å²) in [6.07, 6.45) is -0.784. The molecule has 3 amide bonds. The van der Waals surface area contributed by atoms with Crippen LogP contribution in [0.3, 0.4) is 0 Å². The second-order valence-corrected chi connectivity index (χ2v) is 10.5. The van der Waals surface area contributed by atoms with E-state index in [1.54, 1.807) is 40.7 Å². The summed E-state index contributed by atoms with van der Waals surface area (Å²) in [5, 5.41) is 26.9. The largest absolute Gasteiger partial charge is 0.508 e. The third kappa shape index (κ3) is 7.71. The molecule has 9 heteroatoms. The first-order valence-electron chi connectivity index (χ1n) is 12.6. The molecular weight excluding hydrogens is 496 g/mol. The van der Waals surface area contributed by atoms with Crippen LogP contribution in [0.5, 0.6) is 5.75 Å². The van der Waals surface area contributed by atoms with Gasteiger partial charge < -0.3 is 25.4 Å². The van der Waals surface area contributed by atoms with E-state index in [2.05, 4.69) is 10.6 Å². The average Bonchev–Trinajstić information content (AvgIpc) is 2.86. The number of aromatic hydroxyl groups is 1. The second kappa shape index (κ2) is 12.3. The fourth-order valence-corrected chi connectivity index (χ4v) is 4.11. The second-order valence-electron chi connectivity index (χ2n) is 10.5. The molecule has 3 aromatic rings. The van der Waals surface area contributed by atoms with Crippen molar-refractivity contribution in [3.8, 4) is 11.8 Å². The minimum absolute atomic E-state index is 0.0164. The summed E-state index contributed by atoms with van der Waals surface area (Å²) in [5.41, 5.74) is 0.114. The van der Waals surface area contributed by atoms with Crippen LogP contribution >= 0.6 is 0 Å². The van der Waals surface area contributed by atoms with Gasteiger partial charge >= 0.3 is 6.09 Å². The standard InChI is InChI=1S/C30H34N4O5/c1-19(2)25(33-29(38)39-30(3,4)5)28(37)34(17-16-31)26(21-11-14-24(35)15-12-21)27(36)32-23-13-10-20-8-6-7-9-22(20)18-23/h6-15,18-19,25-26,35H,17H2,1-5H3,(H,32,36)(H,33,38). The van der Waals surface area contributed by atoms with Gasteiger partial charge in [-0.05, 0) is 67.3 Å².